The summed E-state index contributed by atoms with van der Waals surface area (Å²) in [6.07, 6.45) is 8.16. The summed E-state index contributed by atoms with van der Waals surface area (Å²) >= 11 is 0. The molecule has 1 aliphatic rings. The van der Waals surface area contributed by atoms with Gasteiger partial charge in [-0.05, 0) is 31.8 Å². The van der Waals surface area contributed by atoms with Crippen LogP contribution in [-0.2, 0) is 6.42 Å². The molecule has 1 fully saturated rings. The van der Waals surface area contributed by atoms with E-state index in [-0.39, 0.29) is 0 Å². The Morgan fingerprint density at radius 2 is 2.39 bits per heavy atom. The van der Waals surface area contributed by atoms with Gasteiger partial charge in [-0.25, -0.2) is 4.98 Å². The standard InChI is InChI=1S/C12H15N5O/c1-2-9(7-13-3-1)6-11-16-12(18-17-11)10-8-14-4-5-15-10/h4-5,8-9,13H,1-3,6-7H2/t9-/m0/s1. The predicted octanol–water partition coefficient (Wildman–Crippen LogP) is 1.07. The maximum Gasteiger partial charge on any atom is 0.278 e. The SMILES string of the molecule is c1cnc(-c2nc(C[C@@H]3CCCNC3)no2)cn1. The molecule has 0 aliphatic carbocycles. The molecule has 1 saturated heterocycles. The van der Waals surface area contributed by atoms with Crippen molar-refractivity contribution in [3.05, 3.63) is 24.4 Å². The maximum absolute atomic E-state index is 5.21. The highest BCUT2D eigenvalue weighted by molar-refractivity contribution is 5.43. The quantitative estimate of drug-likeness (QED) is 0.871. The van der Waals surface area contributed by atoms with E-state index in [9.17, 15) is 0 Å². The van der Waals surface area contributed by atoms with Crippen LogP contribution in [0.25, 0.3) is 11.6 Å². The molecule has 0 amide bonds. The van der Waals surface area contributed by atoms with E-state index in [4.69, 9.17) is 4.52 Å². The lowest BCUT2D eigenvalue weighted by Crippen LogP contribution is -2.31. The van der Waals surface area contributed by atoms with E-state index in [0.717, 1.165) is 25.3 Å². The van der Waals surface area contributed by atoms with Crippen molar-refractivity contribution in [2.75, 3.05) is 13.1 Å². The van der Waals surface area contributed by atoms with Crippen molar-refractivity contribution in [3.63, 3.8) is 0 Å². The molecule has 1 aliphatic heterocycles. The Labute approximate surface area is 105 Å². The Hall–Kier alpha value is -1.82. The lowest BCUT2D eigenvalue weighted by molar-refractivity contribution is 0.359. The summed E-state index contributed by atoms with van der Waals surface area (Å²) in [4.78, 5) is 12.5. The van der Waals surface area contributed by atoms with Gasteiger partial charge in [-0.15, -0.1) is 0 Å². The molecule has 3 rings (SSSR count). The van der Waals surface area contributed by atoms with E-state index in [1.807, 2.05) is 0 Å². The van der Waals surface area contributed by atoms with Crippen LogP contribution in [0.1, 0.15) is 18.7 Å². The third kappa shape index (κ3) is 2.53. The summed E-state index contributed by atoms with van der Waals surface area (Å²) in [5, 5.41) is 7.39. The van der Waals surface area contributed by atoms with Crippen molar-refractivity contribution in [3.8, 4) is 11.6 Å². The Morgan fingerprint density at radius 1 is 1.39 bits per heavy atom. The van der Waals surface area contributed by atoms with Gasteiger partial charge in [0.1, 0.15) is 5.69 Å². The van der Waals surface area contributed by atoms with E-state index in [1.54, 1.807) is 18.6 Å². The third-order valence-electron chi connectivity index (χ3n) is 3.12. The summed E-state index contributed by atoms with van der Waals surface area (Å²) in [7, 11) is 0. The number of hydrogen-bond donors (Lipinski definition) is 1. The van der Waals surface area contributed by atoms with Gasteiger partial charge in [0.15, 0.2) is 5.82 Å². The normalized spacial score (nSPS) is 19.9. The number of aromatic nitrogens is 4. The number of piperidine rings is 1. The molecule has 6 nitrogen and oxygen atoms in total. The van der Waals surface area contributed by atoms with Gasteiger partial charge in [0.2, 0.25) is 0 Å². The highest BCUT2D eigenvalue weighted by Crippen LogP contribution is 2.17. The van der Waals surface area contributed by atoms with Crippen molar-refractivity contribution < 1.29 is 4.52 Å². The second-order valence-electron chi connectivity index (χ2n) is 4.52. The van der Waals surface area contributed by atoms with Crippen LogP contribution < -0.4 is 5.32 Å². The molecule has 0 radical (unpaired) electrons. The third-order valence-corrected chi connectivity index (χ3v) is 3.12. The largest absolute Gasteiger partial charge is 0.332 e. The second kappa shape index (κ2) is 5.22. The average Bonchev–Trinajstić information content (AvgIpc) is 2.89. The number of rotatable bonds is 3. The molecule has 18 heavy (non-hydrogen) atoms. The van der Waals surface area contributed by atoms with Gasteiger partial charge in [-0.2, -0.15) is 4.98 Å². The molecular weight excluding hydrogens is 230 g/mol. The minimum atomic E-state index is 0.446. The molecule has 0 unspecified atom stereocenters. The highest BCUT2D eigenvalue weighted by atomic mass is 16.5. The number of nitrogens with zero attached hydrogens (tertiary/aromatic N) is 4. The fourth-order valence-electron chi connectivity index (χ4n) is 2.21. The van der Waals surface area contributed by atoms with Crippen LogP contribution in [-0.4, -0.2) is 33.2 Å². The van der Waals surface area contributed by atoms with Crippen LogP contribution in [0.4, 0.5) is 0 Å². The molecule has 0 spiro atoms. The molecule has 2 aromatic rings. The van der Waals surface area contributed by atoms with Crippen LogP contribution >= 0.6 is 0 Å². The topological polar surface area (TPSA) is 76.7 Å². The summed E-state index contributed by atoms with van der Waals surface area (Å²) in [5.74, 6) is 1.80. The zero-order valence-electron chi connectivity index (χ0n) is 10.0. The first-order valence-corrected chi connectivity index (χ1v) is 6.21. The fraction of sp³-hybridized carbons (Fsp3) is 0.500. The second-order valence-corrected chi connectivity index (χ2v) is 4.52. The minimum absolute atomic E-state index is 0.446. The van der Waals surface area contributed by atoms with Gasteiger partial charge in [-0.3, -0.25) is 4.98 Å². The molecule has 0 bridgehead atoms. The molecule has 3 heterocycles. The van der Waals surface area contributed by atoms with Crippen LogP contribution in [0.15, 0.2) is 23.1 Å². The Morgan fingerprint density at radius 3 is 3.17 bits per heavy atom. The lowest BCUT2D eigenvalue weighted by Gasteiger charge is -2.20. The lowest BCUT2D eigenvalue weighted by atomic mass is 9.96. The van der Waals surface area contributed by atoms with Gasteiger partial charge in [0.05, 0.1) is 6.20 Å². The van der Waals surface area contributed by atoms with E-state index >= 15 is 0 Å². The van der Waals surface area contributed by atoms with Gasteiger partial charge in [0, 0.05) is 18.8 Å². The van der Waals surface area contributed by atoms with Gasteiger partial charge < -0.3 is 9.84 Å². The first-order valence-electron chi connectivity index (χ1n) is 6.21. The van der Waals surface area contributed by atoms with E-state index < -0.39 is 0 Å². The summed E-state index contributed by atoms with van der Waals surface area (Å²) in [6.45, 7) is 2.16. The monoisotopic (exact) mass is 245 g/mol. The van der Waals surface area contributed by atoms with Crippen LogP contribution in [0.3, 0.4) is 0 Å². The van der Waals surface area contributed by atoms with Crippen molar-refractivity contribution >= 4 is 0 Å². The van der Waals surface area contributed by atoms with E-state index in [0.29, 0.717) is 17.5 Å². The Kier molecular flexibility index (Phi) is 3.27. The Balaban J connectivity index is 1.69. The zero-order valence-corrected chi connectivity index (χ0v) is 10.0. The van der Waals surface area contributed by atoms with Crippen molar-refractivity contribution in [2.45, 2.75) is 19.3 Å². The first-order chi connectivity index (χ1) is 8.92. The minimum Gasteiger partial charge on any atom is -0.332 e. The molecule has 1 atom stereocenters. The smallest absolute Gasteiger partial charge is 0.278 e. The number of hydrogen-bond acceptors (Lipinski definition) is 6. The van der Waals surface area contributed by atoms with Crippen LogP contribution in [0, 0.1) is 5.92 Å². The summed E-state index contributed by atoms with van der Waals surface area (Å²) in [6, 6.07) is 0. The zero-order chi connectivity index (χ0) is 12.2. The average molecular weight is 245 g/mol. The van der Waals surface area contributed by atoms with Crippen molar-refractivity contribution in [2.24, 2.45) is 5.92 Å². The van der Waals surface area contributed by atoms with Gasteiger partial charge in [-0.1, -0.05) is 5.16 Å². The van der Waals surface area contributed by atoms with Crippen LogP contribution in [0.2, 0.25) is 0 Å². The fourth-order valence-corrected chi connectivity index (χ4v) is 2.21. The van der Waals surface area contributed by atoms with E-state index in [2.05, 4.69) is 25.4 Å². The van der Waals surface area contributed by atoms with Gasteiger partial charge >= 0.3 is 0 Å². The molecule has 0 saturated carbocycles. The molecule has 6 heteroatoms. The first kappa shape index (κ1) is 11.3. The highest BCUT2D eigenvalue weighted by Gasteiger charge is 2.17. The van der Waals surface area contributed by atoms with Crippen molar-refractivity contribution in [1.29, 1.82) is 0 Å². The molecule has 94 valence electrons. The van der Waals surface area contributed by atoms with Gasteiger partial charge in [0.25, 0.3) is 5.89 Å². The van der Waals surface area contributed by atoms with Crippen molar-refractivity contribution in [1.82, 2.24) is 25.4 Å². The summed E-state index contributed by atoms with van der Waals surface area (Å²) in [5.41, 5.74) is 0.623. The molecule has 1 N–H and O–H groups in total. The van der Waals surface area contributed by atoms with Crippen LogP contribution in [0.5, 0.6) is 0 Å². The van der Waals surface area contributed by atoms with E-state index in [1.165, 1.54) is 12.8 Å². The number of nitrogens with one attached hydrogen (secondary N) is 1. The predicted molar refractivity (Wildman–Crippen MR) is 64.6 cm³/mol. The Bertz CT molecular complexity index is 492. The summed E-state index contributed by atoms with van der Waals surface area (Å²) < 4.78 is 5.21. The molecule has 2 aromatic heterocycles. The molecular formula is C12H15N5O. The molecule has 0 aromatic carbocycles. The maximum atomic E-state index is 5.21.